The highest BCUT2D eigenvalue weighted by Gasteiger charge is 2.28. The minimum atomic E-state index is -2.95. The third kappa shape index (κ3) is 4.31. The molecule has 0 radical (unpaired) electrons. The lowest BCUT2D eigenvalue weighted by molar-refractivity contribution is -0.120. The van der Waals surface area contributed by atoms with Crippen molar-refractivity contribution >= 4 is 15.7 Å². The van der Waals surface area contributed by atoms with E-state index < -0.39 is 9.84 Å². The molecule has 1 saturated heterocycles. The van der Waals surface area contributed by atoms with Crippen molar-refractivity contribution in [3.63, 3.8) is 0 Å². The fourth-order valence-electron chi connectivity index (χ4n) is 2.29. The smallest absolute Gasteiger partial charge is 0.234 e. The van der Waals surface area contributed by atoms with Crippen molar-refractivity contribution < 1.29 is 13.2 Å². The standard InChI is InChI=1S/C14H20N2O3S/c1-11(12-5-3-2-4-6-12)15-9-14(17)16-13-7-8-20(18,19)10-13/h2-6,11,13,15H,7-10H2,1H3,(H,16,17). The van der Waals surface area contributed by atoms with Crippen LogP contribution in [-0.2, 0) is 14.6 Å². The van der Waals surface area contributed by atoms with Gasteiger partial charge in [0.1, 0.15) is 0 Å². The third-order valence-electron chi connectivity index (χ3n) is 3.47. The fourth-order valence-corrected chi connectivity index (χ4v) is 3.97. The molecule has 0 aromatic heterocycles. The Kier molecular flexibility index (Phi) is 4.77. The average molecular weight is 296 g/mol. The molecule has 2 unspecified atom stereocenters. The summed E-state index contributed by atoms with van der Waals surface area (Å²) >= 11 is 0. The van der Waals surface area contributed by atoms with E-state index in [1.54, 1.807) is 0 Å². The number of amides is 1. The highest BCUT2D eigenvalue weighted by Crippen LogP contribution is 2.12. The van der Waals surface area contributed by atoms with Crippen molar-refractivity contribution in [2.24, 2.45) is 0 Å². The number of nitrogens with one attached hydrogen (secondary N) is 2. The summed E-state index contributed by atoms with van der Waals surface area (Å²) in [6.45, 7) is 2.18. The minimum absolute atomic E-state index is 0.0625. The lowest BCUT2D eigenvalue weighted by Gasteiger charge is -2.15. The van der Waals surface area contributed by atoms with E-state index in [1.807, 2.05) is 37.3 Å². The van der Waals surface area contributed by atoms with Gasteiger partial charge in [-0.25, -0.2) is 8.42 Å². The summed E-state index contributed by atoms with van der Waals surface area (Å²) < 4.78 is 22.6. The number of rotatable bonds is 5. The second kappa shape index (κ2) is 6.37. The van der Waals surface area contributed by atoms with E-state index >= 15 is 0 Å². The van der Waals surface area contributed by atoms with Crippen LogP contribution < -0.4 is 10.6 Å². The van der Waals surface area contributed by atoms with Crippen molar-refractivity contribution in [2.75, 3.05) is 18.1 Å². The van der Waals surface area contributed by atoms with E-state index in [4.69, 9.17) is 0 Å². The van der Waals surface area contributed by atoms with Crippen LogP contribution in [0.5, 0.6) is 0 Å². The van der Waals surface area contributed by atoms with Crippen LogP contribution in [0, 0.1) is 0 Å². The molecule has 1 aromatic rings. The highest BCUT2D eigenvalue weighted by molar-refractivity contribution is 7.91. The first-order valence-corrected chi connectivity index (χ1v) is 8.56. The van der Waals surface area contributed by atoms with Gasteiger partial charge in [-0.2, -0.15) is 0 Å². The molecule has 0 saturated carbocycles. The molecule has 1 heterocycles. The van der Waals surface area contributed by atoms with Crippen LogP contribution in [0.1, 0.15) is 24.9 Å². The minimum Gasteiger partial charge on any atom is -0.351 e. The van der Waals surface area contributed by atoms with Gasteiger partial charge >= 0.3 is 0 Å². The van der Waals surface area contributed by atoms with Crippen molar-refractivity contribution in [1.82, 2.24) is 10.6 Å². The Balaban J connectivity index is 1.76. The van der Waals surface area contributed by atoms with Crippen LogP contribution in [0.15, 0.2) is 30.3 Å². The predicted molar refractivity (Wildman–Crippen MR) is 78.1 cm³/mol. The van der Waals surface area contributed by atoms with Gasteiger partial charge in [-0.1, -0.05) is 30.3 Å². The molecule has 1 aromatic carbocycles. The monoisotopic (exact) mass is 296 g/mol. The Morgan fingerprint density at radius 1 is 1.35 bits per heavy atom. The van der Waals surface area contributed by atoms with E-state index in [2.05, 4.69) is 10.6 Å². The van der Waals surface area contributed by atoms with Gasteiger partial charge in [0.25, 0.3) is 0 Å². The van der Waals surface area contributed by atoms with Crippen molar-refractivity contribution in [3.05, 3.63) is 35.9 Å². The molecule has 0 aliphatic carbocycles. The van der Waals surface area contributed by atoms with Crippen molar-refractivity contribution in [3.8, 4) is 0 Å². The number of hydrogen-bond donors (Lipinski definition) is 2. The summed E-state index contributed by atoms with van der Waals surface area (Å²) in [5, 5.41) is 5.89. The second-order valence-electron chi connectivity index (χ2n) is 5.18. The van der Waals surface area contributed by atoms with Gasteiger partial charge < -0.3 is 10.6 Å². The third-order valence-corrected chi connectivity index (χ3v) is 5.23. The maximum Gasteiger partial charge on any atom is 0.234 e. The molecule has 5 nitrogen and oxygen atoms in total. The molecule has 2 N–H and O–H groups in total. The summed E-state index contributed by atoms with van der Waals surface area (Å²) in [4.78, 5) is 11.8. The Morgan fingerprint density at radius 2 is 2.05 bits per heavy atom. The maximum atomic E-state index is 11.8. The van der Waals surface area contributed by atoms with E-state index in [0.29, 0.717) is 6.42 Å². The van der Waals surface area contributed by atoms with Crippen LogP contribution in [0.3, 0.4) is 0 Å². The first-order chi connectivity index (χ1) is 9.46. The molecule has 1 aliphatic heterocycles. The lowest BCUT2D eigenvalue weighted by atomic mass is 10.1. The Hall–Kier alpha value is -1.40. The topological polar surface area (TPSA) is 75.3 Å². The van der Waals surface area contributed by atoms with Gasteiger partial charge in [0.2, 0.25) is 5.91 Å². The summed E-state index contributed by atoms with van der Waals surface area (Å²) in [7, 11) is -2.95. The second-order valence-corrected chi connectivity index (χ2v) is 7.41. The summed E-state index contributed by atoms with van der Waals surface area (Å²) in [6, 6.07) is 9.70. The molecule has 110 valence electrons. The van der Waals surface area contributed by atoms with Crippen LogP contribution in [-0.4, -0.2) is 38.4 Å². The molecule has 1 amide bonds. The van der Waals surface area contributed by atoms with Crippen LogP contribution in [0.25, 0.3) is 0 Å². The highest BCUT2D eigenvalue weighted by atomic mass is 32.2. The first kappa shape index (κ1) is 15.0. The Morgan fingerprint density at radius 3 is 2.65 bits per heavy atom. The lowest BCUT2D eigenvalue weighted by Crippen LogP contribution is -2.41. The van der Waals surface area contributed by atoms with E-state index in [-0.39, 0.29) is 36.0 Å². The molecule has 6 heteroatoms. The summed E-state index contributed by atoms with van der Waals surface area (Å²) in [5.74, 6) is 0.0774. The van der Waals surface area contributed by atoms with Gasteiger partial charge in [-0.3, -0.25) is 4.79 Å². The van der Waals surface area contributed by atoms with Gasteiger partial charge in [0, 0.05) is 12.1 Å². The zero-order valence-electron chi connectivity index (χ0n) is 11.5. The molecule has 0 spiro atoms. The maximum absolute atomic E-state index is 11.8. The quantitative estimate of drug-likeness (QED) is 0.836. The van der Waals surface area contributed by atoms with E-state index in [0.717, 1.165) is 5.56 Å². The zero-order valence-corrected chi connectivity index (χ0v) is 12.3. The van der Waals surface area contributed by atoms with Crippen LogP contribution in [0.2, 0.25) is 0 Å². The normalized spacial score (nSPS) is 22.4. The summed E-state index contributed by atoms with van der Waals surface area (Å²) in [6.07, 6.45) is 0.516. The average Bonchev–Trinajstić information content (AvgIpc) is 2.76. The fraction of sp³-hybridized carbons (Fsp3) is 0.500. The largest absolute Gasteiger partial charge is 0.351 e. The molecule has 20 heavy (non-hydrogen) atoms. The Labute approximate surface area is 119 Å². The Bertz CT molecular complexity index is 557. The number of carbonyl (C=O) groups is 1. The first-order valence-electron chi connectivity index (χ1n) is 6.74. The number of benzene rings is 1. The number of carbonyl (C=O) groups excluding carboxylic acids is 1. The zero-order chi connectivity index (χ0) is 14.6. The van der Waals surface area contributed by atoms with Gasteiger partial charge in [-0.15, -0.1) is 0 Å². The molecular formula is C14H20N2O3S. The van der Waals surface area contributed by atoms with Crippen LogP contribution >= 0.6 is 0 Å². The molecule has 1 fully saturated rings. The van der Waals surface area contributed by atoms with Crippen LogP contribution in [0.4, 0.5) is 0 Å². The van der Waals surface area contributed by atoms with Crippen molar-refractivity contribution in [2.45, 2.75) is 25.4 Å². The molecule has 1 aliphatic rings. The number of sulfone groups is 1. The molecular weight excluding hydrogens is 276 g/mol. The van der Waals surface area contributed by atoms with Crippen molar-refractivity contribution in [1.29, 1.82) is 0 Å². The van der Waals surface area contributed by atoms with Gasteiger partial charge in [-0.05, 0) is 18.9 Å². The predicted octanol–water partition coefficient (Wildman–Crippen LogP) is 0.641. The molecule has 0 bridgehead atoms. The molecule has 2 atom stereocenters. The van der Waals surface area contributed by atoms with Gasteiger partial charge in [0.15, 0.2) is 9.84 Å². The van der Waals surface area contributed by atoms with E-state index in [9.17, 15) is 13.2 Å². The SMILES string of the molecule is CC(NCC(=O)NC1CCS(=O)(=O)C1)c1ccccc1. The number of hydrogen-bond acceptors (Lipinski definition) is 4. The van der Waals surface area contributed by atoms with Gasteiger partial charge in [0.05, 0.1) is 18.1 Å². The summed E-state index contributed by atoms with van der Waals surface area (Å²) in [5.41, 5.74) is 1.11. The van der Waals surface area contributed by atoms with E-state index in [1.165, 1.54) is 0 Å². The molecule has 2 rings (SSSR count).